The fourth-order valence-electron chi connectivity index (χ4n) is 10.5. The molecule has 0 saturated heterocycles. The number of hydrogen-bond acceptors (Lipinski definition) is 0. The first kappa shape index (κ1) is 31.7. The third-order valence-corrected chi connectivity index (χ3v) is 13.3. The largest absolute Gasteiger partial charge is 0.309 e. The minimum absolute atomic E-state index is 0.148. The molecule has 12 rings (SSSR count). The first-order chi connectivity index (χ1) is 27.3. The molecule has 8 aromatic carbocycles. The first-order valence-electron chi connectivity index (χ1n) is 19.9. The van der Waals surface area contributed by atoms with Gasteiger partial charge in [0.15, 0.2) is 0 Å². The first-order valence-corrected chi connectivity index (χ1v) is 19.9. The van der Waals surface area contributed by atoms with Crippen molar-refractivity contribution < 1.29 is 0 Å². The van der Waals surface area contributed by atoms with Crippen LogP contribution in [0.25, 0.3) is 88.4 Å². The van der Waals surface area contributed by atoms with Crippen LogP contribution < -0.4 is 0 Å². The number of rotatable bonds is 3. The van der Waals surface area contributed by atoms with Crippen molar-refractivity contribution in [1.82, 2.24) is 9.13 Å². The molecule has 0 fully saturated rings. The highest BCUT2D eigenvalue weighted by atomic mass is 15.0. The highest BCUT2D eigenvalue weighted by molar-refractivity contribution is 6.10. The smallest absolute Gasteiger partial charge is 0.0541 e. The van der Waals surface area contributed by atoms with E-state index in [-0.39, 0.29) is 10.8 Å². The molecule has 0 saturated carbocycles. The second-order valence-corrected chi connectivity index (χ2v) is 17.0. The quantitative estimate of drug-likeness (QED) is 0.172. The molecule has 0 aliphatic heterocycles. The molecule has 10 aromatic rings. The summed E-state index contributed by atoms with van der Waals surface area (Å²) in [6, 6.07) is 63.6. The van der Waals surface area contributed by atoms with Gasteiger partial charge in [-0.1, -0.05) is 137 Å². The molecule has 266 valence electrons. The monoisotopic (exact) mass is 716 g/mol. The molecule has 56 heavy (non-hydrogen) atoms. The predicted molar refractivity (Wildman–Crippen MR) is 236 cm³/mol. The number of fused-ring (bicyclic) bond motifs is 12. The zero-order valence-electron chi connectivity index (χ0n) is 32.1. The van der Waals surface area contributed by atoms with E-state index >= 15 is 0 Å². The molecule has 0 bridgehead atoms. The van der Waals surface area contributed by atoms with Crippen LogP contribution in [0.3, 0.4) is 0 Å². The molecule has 2 nitrogen and oxygen atoms in total. The van der Waals surface area contributed by atoms with Crippen LogP contribution in [0, 0.1) is 0 Å². The number of para-hydroxylation sites is 4. The van der Waals surface area contributed by atoms with Crippen molar-refractivity contribution in [3.05, 3.63) is 192 Å². The summed E-state index contributed by atoms with van der Waals surface area (Å²) >= 11 is 0. The average Bonchev–Trinajstić information content (AvgIpc) is 3.89. The minimum atomic E-state index is -0.148. The summed E-state index contributed by atoms with van der Waals surface area (Å²) < 4.78 is 4.87. The zero-order chi connectivity index (χ0) is 37.5. The van der Waals surface area contributed by atoms with Crippen LogP contribution in [-0.2, 0) is 10.8 Å². The Kier molecular flexibility index (Phi) is 6.22. The lowest BCUT2D eigenvalue weighted by molar-refractivity contribution is 0.659. The third kappa shape index (κ3) is 4.11. The van der Waals surface area contributed by atoms with Gasteiger partial charge in [0.2, 0.25) is 0 Å². The van der Waals surface area contributed by atoms with Crippen LogP contribution >= 0.6 is 0 Å². The van der Waals surface area contributed by atoms with E-state index in [4.69, 9.17) is 0 Å². The van der Waals surface area contributed by atoms with Crippen molar-refractivity contribution in [2.45, 2.75) is 38.5 Å². The molecule has 0 amide bonds. The van der Waals surface area contributed by atoms with Gasteiger partial charge in [0.25, 0.3) is 0 Å². The minimum Gasteiger partial charge on any atom is -0.309 e. The van der Waals surface area contributed by atoms with Gasteiger partial charge in [-0.25, -0.2) is 0 Å². The van der Waals surface area contributed by atoms with Crippen molar-refractivity contribution in [1.29, 1.82) is 0 Å². The Morgan fingerprint density at radius 3 is 0.929 bits per heavy atom. The Labute approximate surface area is 326 Å². The molecule has 0 spiro atoms. The second-order valence-electron chi connectivity index (χ2n) is 17.0. The molecule has 2 heteroatoms. The average molecular weight is 717 g/mol. The normalized spacial score (nSPS) is 14.7. The second kappa shape index (κ2) is 11.0. The van der Waals surface area contributed by atoms with Gasteiger partial charge >= 0.3 is 0 Å². The lowest BCUT2D eigenvalue weighted by Crippen LogP contribution is -2.16. The molecule has 0 N–H and O–H groups in total. The topological polar surface area (TPSA) is 9.86 Å². The summed E-state index contributed by atoms with van der Waals surface area (Å²) in [5, 5.41) is 5.17. The van der Waals surface area contributed by atoms with Crippen molar-refractivity contribution in [3.63, 3.8) is 0 Å². The van der Waals surface area contributed by atoms with Gasteiger partial charge in [-0.2, -0.15) is 0 Å². The maximum Gasteiger partial charge on any atom is 0.0541 e. The molecule has 0 unspecified atom stereocenters. The van der Waals surface area contributed by atoms with E-state index < -0.39 is 0 Å². The standard InChI is InChI=1S/C54H40N2/c1-53(2)45-29-33(21-25-37(45)39-27-23-35(31-47(39)53)55-49-17-9-5-13-41(49)42-14-6-10-18-50(42)55)34-22-26-38-40-28-24-36(32-48(40)54(3,4)46(38)30-34)56-51-19-11-7-15-43(51)44-16-8-12-20-52(44)56/h5-32H,1-4H3. The van der Waals surface area contributed by atoms with E-state index in [1.807, 2.05) is 0 Å². The summed E-state index contributed by atoms with van der Waals surface area (Å²) in [4.78, 5) is 0. The van der Waals surface area contributed by atoms with Crippen molar-refractivity contribution in [2.75, 3.05) is 0 Å². The van der Waals surface area contributed by atoms with E-state index in [0.29, 0.717) is 0 Å². The van der Waals surface area contributed by atoms with Crippen LogP contribution in [0.4, 0.5) is 0 Å². The zero-order valence-corrected chi connectivity index (χ0v) is 32.1. The van der Waals surface area contributed by atoms with Crippen LogP contribution in [0.15, 0.2) is 170 Å². The van der Waals surface area contributed by atoms with Gasteiger partial charge in [0.05, 0.1) is 22.1 Å². The molecule has 2 heterocycles. The predicted octanol–water partition coefficient (Wildman–Crippen LogP) is 14.2. The Morgan fingerprint density at radius 1 is 0.304 bits per heavy atom. The Morgan fingerprint density at radius 2 is 0.589 bits per heavy atom. The van der Waals surface area contributed by atoms with Crippen molar-refractivity contribution >= 4 is 43.6 Å². The fraction of sp³-hybridized carbons (Fsp3) is 0.111. The van der Waals surface area contributed by atoms with Crippen molar-refractivity contribution in [2.24, 2.45) is 0 Å². The summed E-state index contributed by atoms with van der Waals surface area (Å²) in [6.45, 7) is 9.59. The van der Waals surface area contributed by atoms with E-state index in [2.05, 4.69) is 207 Å². The van der Waals surface area contributed by atoms with Crippen LogP contribution in [-0.4, -0.2) is 9.13 Å². The molecule has 2 aliphatic carbocycles. The summed E-state index contributed by atoms with van der Waals surface area (Å²) in [5.41, 5.74) is 20.6. The summed E-state index contributed by atoms with van der Waals surface area (Å²) in [5.74, 6) is 0. The third-order valence-electron chi connectivity index (χ3n) is 13.3. The summed E-state index contributed by atoms with van der Waals surface area (Å²) in [6.07, 6.45) is 0. The van der Waals surface area contributed by atoms with Gasteiger partial charge in [-0.15, -0.1) is 0 Å². The fourth-order valence-corrected chi connectivity index (χ4v) is 10.5. The van der Waals surface area contributed by atoms with Crippen LogP contribution in [0.5, 0.6) is 0 Å². The number of hydrogen-bond donors (Lipinski definition) is 0. The van der Waals surface area contributed by atoms with Crippen molar-refractivity contribution in [3.8, 4) is 44.8 Å². The van der Waals surface area contributed by atoms with Gasteiger partial charge in [-0.05, 0) is 116 Å². The van der Waals surface area contributed by atoms with Gasteiger partial charge in [0.1, 0.15) is 0 Å². The van der Waals surface area contributed by atoms with Gasteiger partial charge in [-0.3, -0.25) is 0 Å². The number of nitrogens with zero attached hydrogens (tertiary/aromatic N) is 2. The van der Waals surface area contributed by atoms with E-state index in [0.717, 1.165) is 0 Å². The number of aromatic nitrogens is 2. The van der Waals surface area contributed by atoms with E-state index in [1.54, 1.807) is 0 Å². The molecule has 2 aliphatic rings. The molecule has 0 atom stereocenters. The highest BCUT2D eigenvalue weighted by Crippen LogP contribution is 2.53. The Balaban J connectivity index is 0.929. The molecule has 0 radical (unpaired) electrons. The molecule has 2 aromatic heterocycles. The molecular formula is C54H40N2. The Bertz CT molecular complexity index is 2980. The molecular weight excluding hydrogens is 677 g/mol. The van der Waals surface area contributed by atoms with E-state index in [9.17, 15) is 0 Å². The lowest BCUT2D eigenvalue weighted by atomic mass is 9.80. The van der Waals surface area contributed by atoms with Crippen LogP contribution in [0.1, 0.15) is 49.9 Å². The maximum absolute atomic E-state index is 2.46. The Hall–Kier alpha value is -6.64. The summed E-state index contributed by atoms with van der Waals surface area (Å²) in [7, 11) is 0. The number of benzene rings is 8. The van der Waals surface area contributed by atoms with Crippen LogP contribution in [0.2, 0.25) is 0 Å². The highest BCUT2D eigenvalue weighted by Gasteiger charge is 2.38. The van der Waals surface area contributed by atoms with Gasteiger partial charge < -0.3 is 9.13 Å². The SMILES string of the molecule is CC1(C)c2cc(-c3ccc4c(c3)C(C)(C)c3cc(-n5c6ccccc6c6ccccc65)ccc3-4)ccc2-c2ccc(-n3c4ccccc4c4ccccc43)cc21. The maximum atomic E-state index is 2.46. The van der Waals surface area contributed by atoms with E-state index in [1.165, 1.54) is 111 Å². The lowest BCUT2D eigenvalue weighted by Gasteiger charge is -2.24. The van der Waals surface area contributed by atoms with Gasteiger partial charge in [0, 0.05) is 43.7 Å².